The van der Waals surface area contributed by atoms with Crippen LogP contribution < -0.4 is 5.32 Å². The lowest BCUT2D eigenvalue weighted by Crippen LogP contribution is -2.40. The number of esters is 1. The fourth-order valence-corrected chi connectivity index (χ4v) is 3.16. The molecule has 0 heterocycles. The Morgan fingerprint density at radius 1 is 1.18 bits per heavy atom. The van der Waals surface area contributed by atoms with Gasteiger partial charge in [-0.2, -0.15) is 0 Å². The highest BCUT2D eigenvalue weighted by Crippen LogP contribution is 2.38. The van der Waals surface area contributed by atoms with Gasteiger partial charge in [-0.25, -0.2) is 9.59 Å². The number of aliphatic hydroxyl groups is 2. The van der Waals surface area contributed by atoms with Gasteiger partial charge in [-0.1, -0.05) is 46.1 Å². The first-order valence-corrected chi connectivity index (χ1v) is 11.5. The van der Waals surface area contributed by atoms with Crippen molar-refractivity contribution in [2.75, 3.05) is 33.7 Å². The van der Waals surface area contributed by atoms with E-state index < -0.39 is 23.9 Å². The quantitative estimate of drug-likeness (QED) is 0.0970. The second-order valence-corrected chi connectivity index (χ2v) is 6.88. The van der Waals surface area contributed by atoms with Crippen LogP contribution >= 0.6 is 0 Å². The number of hydrogen-bond acceptors (Lipinski definition) is 9. The standard InChI is InChI=1S/C17H28N2O8.C3H6.C2H6.CH4O/c1-2-14(6-11-27-19(23)24)15(21)25-13-26-16(22)18-12-17(9-10-20)7-4-3-5-8-17;1-3-2;2*1-2/h6,20H,2-5,7-13H2,1H3,(H,18,22);3H,1H2,2H3;1-2H3;2H,1H3/b14-6-;;;. The Bertz CT molecular complexity index is 569. The van der Waals surface area contributed by atoms with E-state index in [9.17, 15) is 24.8 Å². The van der Waals surface area contributed by atoms with Gasteiger partial charge in [0.05, 0.1) is 0 Å². The van der Waals surface area contributed by atoms with Crippen LogP contribution in [-0.2, 0) is 19.1 Å². The van der Waals surface area contributed by atoms with Crippen LogP contribution in [0.15, 0.2) is 24.3 Å². The monoisotopic (exact) mass is 492 g/mol. The van der Waals surface area contributed by atoms with Crippen molar-refractivity contribution in [3.63, 3.8) is 0 Å². The van der Waals surface area contributed by atoms with Crippen molar-refractivity contribution >= 4 is 12.1 Å². The smallest absolute Gasteiger partial charge is 0.410 e. The highest BCUT2D eigenvalue weighted by Gasteiger charge is 2.32. The van der Waals surface area contributed by atoms with Crippen LogP contribution in [-0.4, -0.2) is 61.0 Å². The zero-order valence-corrected chi connectivity index (χ0v) is 21.3. The molecule has 200 valence electrons. The maximum absolute atomic E-state index is 11.8. The summed E-state index contributed by atoms with van der Waals surface area (Å²) < 4.78 is 9.67. The number of rotatable bonds is 11. The third kappa shape index (κ3) is 18.9. The third-order valence-electron chi connectivity index (χ3n) is 4.70. The van der Waals surface area contributed by atoms with E-state index in [0.717, 1.165) is 39.2 Å². The fraction of sp³-hybridized carbons (Fsp3) is 0.739. The average Bonchev–Trinajstić information content (AvgIpc) is 2.84. The van der Waals surface area contributed by atoms with E-state index >= 15 is 0 Å². The maximum atomic E-state index is 11.8. The molecular weight excluding hydrogens is 448 g/mol. The van der Waals surface area contributed by atoms with E-state index in [0.29, 0.717) is 13.0 Å². The fourth-order valence-electron chi connectivity index (χ4n) is 3.16. The number of carbonyl (C=O) groups excluding carboxylic acids is 2. The predicted molar refractivity (Wildman–Crippen MR) is 129 cm³/mol. The number of nitrogens with one attached hydrogen (secondary N) is 1. The number of carbonyl (C=O) groups is 2. The molecule has 0 aromatic carbocycles. The molecule has 1 fully saturated rings. The lowest BCUT2D eigenvalue weighted by atomic mass is 9.72. The zero-order valence-electron chi connectivity index (χ0n) is 21.3. The Labute approximate surface area is 203 Å². The number of allylic oxidation sites excluding steroid dienone is 1. The van der Waals surface area contributed by atoms with Crippen molar-refractivity contribution < 1.29 is 39.2 Å². The van der Waals surface area contributed by atoms with Crippen molar-refractivity contribution in [2.24, 2.45) is 5.41 Å². The van der Waals surface area contributed by atoms with Crippen LogP contribution in [0.25, 0.3) is 0 Å². The lowest BCUT2D eigenvalue weighted by Gasteiger charge is -2.36. The van der Waals surface area contributed by atoms with Crippen LogP contribution in [0.2, 0.25) is 0 Å². The Hall–Kier alpha value is -2.66. The summed E-state index contributed by atoms with van der Waals surface area (Å²) in [6.45, 7) is 10.5. The van der Waals surface area contributed by atoms with Gasteiger partial charge in [0.25, 0.3) is 5.09 Å². The Morgan fingerprint density at radius 3 is 2.21 bits per heavy atom. The molecule has 3 N–H and O–H groups in total. The van der Waals surface area contributed by atoms with Gasteiger partial charge in [-0.3, -0.25) is 0 Å². The first kappa shape index (κ1) is 35.9. The first-order valence-electron chi connectivity index (χ1n) is 11.5. The van der Waals surface area contributed by atoms with E-state index in [-0.39, 0.29) is 30.6 Å². The van der Waals surface area contributed by atoms with E-state index in [1.807, 2.05) is 20.8 Å². The van der Waals surface area contributed by atoms with Gasteiger partial charge in [0.15, 0.2) is 0 Å². The molecule has 1 rings (SSSR count). The molecule has 1 aliphatic carbocycles. The zero-order chi connectivity index (χ0) is 26.8. The number of alkyl carbamates (subject to hydrolysis) is 1. The Morgan fingerprint density at radius 2 is 1.74 bits per heavy atom. The second kappa shape index (κ2) is 25.0. The van der Waals surface area contributed by atoms with Gasteiger partial charge in [0.2, 0.25) is 6.79 Å². The largest absolute Gasteiger partial charge is 0.424 e. The van der Waals surface area contributed by atoms with E-state index in [1.54, 1.807) is 13.0 Å². The molecule has 1 aliphatic rings. The van der Waals surface area contributed by atoms with Gasteiger partial charge < -0.3 is 29.8 Å². The number of hydrogen-bond donors (Lipinski definition) is 3. The van der Waals surface area contributed by atoms with E-state index in [1.165, 1.54) is 6.08 Å². The molecule has 0 aliphatic heterocycles. The molecule has 0 saturated heterocycles. The molecule has 0 bridgehead atoms. The van der Waals surface area contributed by atoms with Crippen LogP contribution in [0.3, 0.4) is 0 Å². The first-order chi connectivity index (χ1) is 16.3. The van der Waals surface area contributed by atoms with Crippen molar-refractivity contribution in [2.45, 2.75) is 72.6 Å². The topological polar surface area (TPSA) is 157 Å². The molecule has 1 saturated carbocycles. The van der Waals surface area contributed by atoms with Gasteiger partial charge in [-0.05, 0) is 44.1 Å². The summed E-state index contributed by atoms with van der Waals surface area (Å²) >= 11 is 0. The normalized spacial score (nSPS) is 13.7. The molecule has 0 atom stereocenters. The van der Waals surface area contributed by atoms with E-state index in [4.69, 9.17) is 14.6 Å². The Balaban J connectivity index is -0.00000124. The summed E-state index contributed by atoms with van der Waals surface area (Å²) in [4.78, 5) is 37.8. The summed E-state index contributed by atoms with van der Waals surface area (Å²) in [7, 11) is 1.00. The van der Waals surface area contributed by atoms with Crippen molar-refractivity contribution in [1.82, 2.24) is 5.32 Å². The van der Waals surface area contributed by atoms with Gasteiger partial charge in [-0.15, -0.1) is 16.7 Å². The van der Waals surface area contributed by atoms with E-state index in [2.05, 4.69) is 16.7 Å². The van der Waals surface area contributed by atoms with Crippen molar-refractivity contribution in [1.29, 1.82) is 0 Å². The molecule has 0 aromatic heterocycles. The SMILES string of the molecule is C=CC.CC.CC/C(=C/CO[N+](=O)[O-])C(=O)OCOC(=O)NCC1(CCO)CCCCC1.CO. The lowest BCUT2D eigenvalue weighted by molar-refractivity contribution is -0.755. The molecule has 11 heteroatoms. The minimum absolute atomic E-state index is 0.0701. The van der Waals surface area contributed by atoms with Gasteiger partial charge in [0.1, 0.15) is 6.61 Å². The van der Waals surface area contributed by atoms with Crippen LogP contribution in [0, 0.1) is 15.5 Å². The van der Waals surface area contributed by atoms with Gasteiger partial charge in [0, 0.05) is 25.8 Å². The Kier molecular flexibility index (Phi) is 26.4. The van der Waals surface area contributed by atoms with Crippen molar-refractivity contribution in [3.05, 3.63) is 34.4 Å². The molecular formula is C23H44N2O9. The second-order valence-electron chi connectivity index (χ2n) is 6.88. The molecule has 0 spiro atoms. The molecule has 1 amide bonds. The number of ether oxygens (including phenoxy) is 2. The van der Waals surface area contributed by atoms with Crippen molar-refractivity contribution in [3.8, 4) is 0 Å². The summed E-state index contributed by atoms with van der Waals surface area (Å²) in [6, 6.07) is 0. The van der Waals surface area contributed by atoms with Crippen LogP contribution in [0.4, 0.5) is 4.79 Å². The molecule has 0 radical (unpaired) electrons. The van der Waals surface area contributed by atoms with Gasteiger partial charge >= 0.3 is 12.1 Å². The average molecular weight is 493 g/mol. The molecule has 0 aromatic rings. The minimum atomic E-state index is -0.960. The molecule has 0 unspecified atom stereocenters. The molecule has 11 nitrogen and oxygen atoms in total. The maximum Gasteiger partial charge on any atom is 0.410 e. The summed E-state index contributed by atoms with van der Waals surface area (Å²) in [5.74, 6) is -0.735. The number of aliphatic hydroxyl groups excluding tert-OH is 2. The van der Waals surface area contributed by atoms with Crippen LogP contribution in [0.1, 0.15) is 72.6 Å². The number of amides is 1. The summed E-state index contributed by atoms with van der Waals surface area (Å²) in [5.41, 5.74) is 0.0719. The summed E-state index contributed by atoms with van der Waals surface area (Å²) in [6.07, 6.45) is 8.39. The highest BCUT2D eigenvalue weighted by atomic mass is 16.9. The third-order valence-corrected chi connectivity index (χ3v) is 4.70. The number of nitrogens with zero attached hydrogens (tertiary/aromatic N) is 1. The minimum Gasteiger partial charge on any atom is -0.424 e. The summed E-state index contributed by atoms with van der Waals surface area (Å²) in [5, 5.41) is 28.1. The predicted octanol–water partition coefficient (Wildman–Crippen LogP) is 3.92. The highest BCUT2D eigenvalue weighted by molar-refractivity contribution is 5.88. The molecule has 34 heavy (non-hydrogen) atoms. The van der Waals surface area contributed by atoms with Crippen LogP contribution in [0.5, 0.6) is 0 Å².